The summed E-state index contributed by atoms with van der Waals surface area (Å²) in [4.78, 5) is 13.1. The van der Waals surface area contributed by atoms with Crippen LogP contribution in [0.1, 0.15) is 11.7 Å². The van der Waals surface area contributed by atoms with Crippen LogP contribution in [-0.2, 0) is 9.47 Å². The molecule has 1 heterocycles. The molecule has 1 atom stereocenters. The van der Waals surface area contributed by atoms with Gasteiger partial charge < -0.3 is 14.4 Å². The van der Waals surface area contributed by atoms with Gasteiger partial charge in [-0.05, 0) is 6.07 Å². The fraction of sp³-hybridized carbons (Fsp3) is 0.417. The Morgan fingerprint density at radius 2 is 2.29 bits per heavy atom. The summed E-state index contributed by atoms with van der Waals surface area (Å²) in [6.07, 6.45) is -0.512. The predicted octanol–water partition coefficient (Wildman–Crippen LogP) is 2.48. The number of rotatable bonds is 1. The molecule has 0 aliphatic carbocycles. The highest BCUT2D eigenvalue weighted by Crippen LogP contribution is 2.28. The summed E-state index contributed by atoms with van der Waals surface area (Å²) in [6.45, 7) is 1.51. The second kappa shape index (κ2) is 5.38. The number of benzene rings is 1. The Hall–Kier alpha value is -1.26. The van der Waals surface area contributed by atoms with Crippen LogP contribution in [0.4, 0.5) is 4.79 Å². The number of hydrogen-bond donors (Lipinski definition) is 0. The van der Waals surface area contributed by atoms with Crippen molar-refractivity contribution >= 4 is 17.7 Å². The van der Waals surface area contributed by atoms with Gasteiger partial charge in [-0.1, -0.05) is 29.8 Å². The third-order valence-corrected chi connectivity index (χ3v) is 3.10. The lowest BCUT2D eigenvalue weighted by Crippen LogP contribution is -2.42. The maximum atomic E-state index is 11.4. The van der Waals surface area contributed by atoms with E-state index in [0.29, 0.717) is 24.7 Å². The van der Waals surface area contributed by atoms with Crippen molar-refractivity contribution in [1.82, 2.24) is 4.90 Å². The number of methoxy groups -OCH3 is 1. The highest BCUT2D eigenvalue weighted by Gasteiger charge is 2.26. The van der Waals surface area contributed by atoms with Crippen LogP contribution in [0.5, 0.6) is 0 Å². The second-order valence-electron chi connectivity index (χ2n) is 3.80. The Labute approximate surface area is 105 Å². The molecule has 92 valence electrons. The Bertz CT molecular complexity index is 410. The largest absolute Gasteiger partial charge is 0.453 e. The molecular formula is C12H14ClNO3. The first-order valence-corrected chi connectivity index (χ1v) is 5.79. The van der Waals surface area contributed by atoms with E-state index >= 15 is 0 Å². The van der Waals surface area contributed by atoms with E-state index in [-0.39, 0.29) is 12.2 Å². The molecule has 1 aliphatic heterocycles. The quantitative estimate of drug-likeness (QED) is 0.774. The average Bonchev–Trinajstić information content (AvgIpc) is 2.38. The summed E-state index contributed by atoms with van der Waals surface area (Å²) < 4.78 is 10.3. The molecule has 1 unspecified atom stereocenters. The molecular weight excluding hydrogens is 242 g/mol. The SMILES string of the molecule is COC(=O)N1CCOC(c2ccccc2Cl)C1. The summed E-state index contributed by atoms with van der Waals surface area (Å²) in [5.74, 6) is 0. The van der Waals surface area contributed by atoms with Crippen molar-refractivity contribution < 1.29 is 14.3 Å². The van der Waals surface area contributed by atoms with Crippen LogP contribution in [0.25, 0.3) is 0 Å². The molecule has 17 heavy (non-hydrogen) atoms. The van der Waals surface area contributed by atoms with E-state index in [2.05, 4.69) is 0 Å². The molecule has 2 rings (SSSR count). The molecule has 0 radical (unpaired) electrons. The van der Waals surface area contributed by atoms with Gasteiger partial charge in [-0.3, -0.25) is 0 Å². The zero-order chi connectivity index (χ0) is 12.3. The lowest BCUT2D eigenvalue weighted by Gasteiger charge is -2.32. The number of carbonyl (C=O) groups is 1. The van der Waals surface area contributed by atoms with E-state index in [4.69, 9.17) is 21.1 Å². The summed E-state index contributed by atoms with van der Waals surface area (Å²) in [6, 6.07) is 7.50. The number of hydrogen-bond acceptors (Lipinski definition) is 3. The van der Waals surface area contributed by atoms with E-state index in [1.54, 1.807) is 4.90 Å². The van der Waals surface area contributed by atoms with Crippen LogP contribution < -0.4 is 0 Å². The van der Waals surface area contributed by atoms with E-state index in [1.807, 2.05) is 24.3 Å². The fourth-order valence-corrected chi connectivity index (χ4v) is 2.13. The second-order valence-corrected chi connectivity index (χ2v) is 4.20. The first-order valence-electron chi connectivity index (χ1n) is 5.41. The number of amides is 1. The highest BCUT2D eigenvalue weighted by molar-refractivity contribution is 6.31. The Balaban J connectivity index is 2.12. The first kappa shape index (κ1) is 12.2. The van der Waals surface area contributed by atoms with Crippen molar-refractivity contribution in [1.29, 1.82) is 0 Å². The monoisotopic (exact) mass is 255 g/mol. The maximum absolute atomic E-state index is 11.4. The van der Waals surface area contributed by atoms with Gasteiger partial charge >= 0.3 is 6.09 Å². The normalized spacial score (nSPS) is 20.1. The van der Waals surface area contributed by atoms with Gasteiger partial charge in [0.15, 0.2) is 0 Å². The number of morpholine rings is 1. The van der Waals surface area contributed by atoms with Gasteiger partial charge in [0.25, 0.3) is 0 Å². The lowest BCUT2D eigenvalue weighted by molar-refractivity contribution is -0.0257. The smallest absolute Gasteiger partial charge is 0.409 e. The molecule has 0 aromatic heterocycles. The summed E-state index contributed by atoms with van der Waals surface area (Å²) in [7, 11) is 1.38. The molecule has 5 heteroatoms. The van der Waals surface area contributed by atoms with Crippen LogP contribution in [0.15, 0.2) is 24.3 Å². The molecule has 1 aromatic rings. The Morgan fingerprint density at radius 1 is 1.53 bits per heavy atom. The van der Waals surface area contributed by atoms with E-state index in [1.165, 1.54) is 7.11 Å². The van der Waals surface area contributed by atoms with Crippen molar-refractivity contribution in [3.8, 4) is 0 Å². The molecule has 1 amide bonds. The standard InChI is InChI=1S/C12H14ClNO3/c1-16-12(15)14-6-7-17-11(8-14)9-4-2-3-5-10(9)13/h2-5,11H,6-8H2,1H3. The van der Waals surface area contributed by atoms with E-state index in [0.717, 1.165) is 5.56 Å². The number of carbonyl (C=O) groups excluding carboxylic acids is 1. The molecule has 0 saturated carbocycles. The fourth-order valence-electron chi connectivity index (χ4n) is 1.87. The van der Waals surface area contributed by atoms with Crippen LogP contribution in [0.2, 0.25) is 5.02 Å². The minimum Gasteiger partial charge on any atom is -0.453 e. The summed E-state index contributed by atoms with van der Waals surface area (Å²) >= 11 is 6.10. The van der Waals surface area contributed by atoms with Gasteiger partial charge in [0.1, 0.15) is 6.10 Å². The van der Waals surface area contributed by atoms with E-state index < -0.39 is 0 Å². The van der Waals surface area contributed by atoms with E-state index in [9.17, 15) is 4.79 Å². The Morgan fingerprint density at radius 3 is 3.00 bits per heavy atom. The molecule has 0 N–H and O–H groups in total. The van der Waals surface area contributed by atoms with Crippen molar-refractivity contribution in [3.63, 3.8) is 0 Å². The lowest BCUT2D eigenvalue weighted by atomic mass is 10.1. The van der Waals surface area contributed by atoms with Gasteiger partial charge in [0.05, 0.1) is 20.3 Å². The number of ether oxygens (including phenoxy) is 2. The topological polar surface area (TPSA) is 38.8 Å². The molecule has 1 fully saturated rings. The first-order chi connectivity index (χ1) is 8.22. The van der Waals surface area contributed by atoms with Crippen molar-refractivity contribution in [2.24, 2.45) is 0 Å². The minimum atomic E-state index is -0.328. The Kier molecular flexibility index (Phi) is 3.86. The van der Waals surface area contributed by atoms with Gasteiger partial charge in [-0.25, -0.2) is 4.79 Å². The van der Waals surface area contributed by atoms with Crippen molar-refractivity contribution in [3.05, 3.63) is 34.9 Å². The minimum absolute atomic E-state index is 0.184. The van der Waals surface area contributed by atoms with Gasteiger partial charge in [-0.15, -0.1) is 0 Å². The van der Waals surface area contributed by atoms with Crippen molar-refractivity contribution in [2.75, 3.05) is 26.8 Å². The third-order valence-electron chi connectivity index (χ3n) is 2.75. The van der Waals surface area contributed by atoms with Gasteiger partial charge in [0.2, 0.25) is 0 Å². The highest BCUT2D eigenvalue weighted by atomic mass is 35.5. The van der Waals surface area contributed by atoms with Gasteiger partial charge in [0, 0.05) is 17.1 Å². The average molecular weight is 256 g/mol. The third kappa shape index (κ3) is 2.70. The zero-order valence-corrected chi connectivity index (χ0v) is 10.3. The van der Waals surface area contributed by atoms with Crippen LogP contribution in [-0.4, -0.2) is 37.8 Å². The molecule has 1 aliphatic rings. The number of nitrogens with zero attached hydrogens (tertiary/aromatic N) is 1. The molecule has 0 spiro atoms. The number of halogens is 1. The molecule has 1 aromatic carbocycles. The van der Waals surface area contributed by atoms with Crippen LogP contribution >= 0.6 is 11.6 Å². The summed E-state index contributed by atoms with van der Waals surface area (Å²) in [5.41, 5.74) is 0.905. The van der Waals surface area contributed by atoms with Crippen molar-refractivity contribution in [2.45, 2.75) is 6.10 Å². The van der Waals surface area contributed by atoms with Crippen LogP contribution in [0.3, 0.4) is 0 Å². The maximum Gasteiger partial charge on any atom is 0.409 e. The summed E-state index contributed by atoms with van der Waals surface area (Å²) in [5, 5.41) is 0.657. The van der Waals surface area contributed by atoms with Crippen LogP contribution in [0, 0.1) is 0 Å². The predicted molar refractivity (Wildman–Crippen MR) is 64.1 cm³/mol. The molecule has 1 saturated heterocycles. The molecule has 0 bridgehead atoms. The van der Waals surface area contributed by atoms with Gasteiger partial charge in [-0.2, -0.15) is 0 Å². The molecule has 4 nitrogen and oxygen atoms in total. The zero-order valence-electron chi connectivity index (χ0n) is 9.56.